The summed E-state index contributed by atoms with van der Waals surface area (Å²) in [6.07, 6.45) is -0.307. The smallest absolute Gasteiger partial charge is 0.265 e. The number of rotatable bonds is 11. The number of anilines is 2. The highest BCUT2D eigenvalue weighted by atomic mass is 32.2. The molecule has 9 nitrogen and oxygen atoms in total. The largest absolute Gasteiger partial charge is 0.497 e. The van der Waals surface area contributed by atoms with Crippen LogP contribution in [0.4, 0.5) is 11.4 Å². The SMILES string of the molecule is CC[C@@H](Oc1cccc(OC)c1)C(=O)Nc1ccc(S(=O)(=O)Nc2ccc(OC)cc2OC)cc1. The van der Waals surface area contributed by atoms with Crippen molar-refractivity contribution in [3.8, 4) is 23.0 Å². The van der Waals surface area contributed by atoms with Crippen molar-refractivity contribution in [2.45, 2.75) is 24.3 Å². The summed E-state index contributed by atoms with van der Waals surface area (Å²) in [6, 6.07) is 17.6. The minimum absolute atomic E-state index is 0.0213. The molecule has 0 radical (unpaired) electrons. The lowest BCUT2D eigenvalue weighted by molar-refractivity contribution is -0.122. The average molecular weight is 501 g/mol. The highest BCUT2D eigenvalue weighted by molar-refractivity contribution is 7.92. The second kappa shape index (κ2) is 11.5. The number of carbonyl (C=O) groups excluding carboxylic acids is 1. The molecule has 0 aliphatic rings. The number of hydrogen-bond acceptors (Lipinski definition) is 7. The van der Waals surface area contributed by atoms with Crippen LogP contribution in [0.1, 0.15) is 13.3 Å². The minimum Gasteiger partial charge on any atom is -0.497 e. The fourth-order valence-corrected chi connectivity index (χ4v) is 4.26. The number of sulfonamides is 1. The lowest BCUT2D eigenvalue weighted by Gasteiger charge is -2.18. The van der Waals surface area contributed by atoms with Crippen molar-refractivity contribution < 1.29 is 32.2 Å². The standard InChI is InChI=1S/C25H28N2O7S/c1-5-23(34-20-8-6-7-18(15-20)31-2)25(28)26-17-9-12-21(13-10-17)35(29,30)27-22-14-11-19(32-3)16-24(22)33-4/h6-16,23,27H,5H2,1-4H3,(H,26,28)/t23-/m1/s1. The van der Waals surface area contributed by atoms with E-state index in [4.69, 9.17) is 18.9 Å². The Kier molecular flexibility index (Phi) is 8.43. The molecule has 0 aromatic heterocycles. The Hall–Kier alpha value is -3.92. The van der Waals surface area contributed by atoms with Gasteiger partial charge in [-0.3, -0.25) is 9.52 Å². The van der Waals surface area contributed by atoms with Crippen molar-refractivity contribution in [2.75, 3.05) is 31.4 Å². The molecule has 1 atom stereocenters. The van der Waals surface area contributed by atoms with Gasteiger partial charge in [-0.1, -0.05) is 13.0 Å². The fraction of sp³-hybridized carbons (Fsp3) is 0.240. The summed E-state index contributed by atoms with van der Waals surface area (Å²) in [7, 11) is 0.595. The molecule has 10 heteroatoms. The van der Waals surface area contributed by atoms with Gasteiger partial charge in [0.25, 0.3) is 15.9 Å². The van der Waals surface area contributed by atoms with Crippen LogP contribution >= 0.6 is 0 Å². The number of hydrogen-bond donors (Lipinski definition) is 2. The van der Waals surface area contributed by atoms with Gasteiger partial charge in [-0.2, -0.15) is 0 Å². The van der Waals surface area contributed by atoms with E-state index >= 15 is 0 Å². The van der Waals surface area contributed by atoms with Crippen LogP contribution in [-0.4, -0.2) is 41.8 Å². The summed E-state index contributed by atoms with van der Waals surface area (Å²) in [5.74, 6) is 1.62. The number of amides is 1. The minimum atomic E-state index is -3.90. The van der Waals surface area contributed by atoms with Gasteiger partial charge in [0.05, 0.1) is 31.9 Å². The molecule has 0 spiro atoms. The van der Waals surface area contributed by atoms with E-state index < -0.39 is 16.1 Å². The normalized spacial score (nSPS) is 11.8. The van der Waals surface area contributed by atoms with Crippen molar-refractivity contribution in [2.24, 2.45) is 0 Å². The van der Waals surface area contributed by atoms with E-state index in [0.717, 1.165) is 0 Å². The second-order valence-electron chi connectivity index (χ2n) is 7.38. The average Bonchev–Trinajstić information content (AvgIpc) is 2.87. The van der Waals surface area contributed by atoms with Gasteiger partial charge < -0.3 is 24.3 Å². The molecule has 2 N–H and O–H groups in total. The molecule has 3 aromatic carbocycles. The van der Waals surface area contributed by atoms with Crippen molar-refractivity contribution in [3.05, 3.63) is 66.7 Å². The van der Waals surface area contributed by atoms with Crippen LogP contribution in [-0.2, 0) is 14.8 Å². The van der Waals surface area contributed by atoms with Gasteiger partial charge in [0.1, 0.15) is 23.0 Å². The van der Waals surface area contributed by atoms with Gasteiger partial charge in [-0.05, 0) is 55.0 Å². The van der Waals surface area contributed by atoms with Gasteiger partial charge in [-0.25, -0.2) is 8.42 Å². The molecule has 186 valence electrons. The molecule has 1 amide bonds. The third kappa shape index (κ3) is 6.57. The summed E-state index contributed by atoms with van der Waals surface area (Å²) in [6.45, 7) is 1.83. The molecule has 0 heterocycles. The predicted octanol–water partition coefficient (Wildman–Crippen LogP) is 4.31. The Labute approximate surface area is 205 Å². The molecule has 3 aromatic rings. The molecule has 0 aliphatic carbocycles. The Morgan fingerprint density at radius 2 is 1.51 bits per heavy atom. The Morgan fingerprint density at radius 3 is 2.14 bits per heavy atom. The molecule has 0 saturated heterocycles. The molecule has 3 rings (SSSR count). The van der Waals surface area contributed by atoms with Crippen LogP contribution in [0.15, 0.2) is 71.6 Å². The quantitative estimate of drug-likeness (QED) is 0.403. The number of methoxy groups -OCH3 is 3. The van der Waals surface area contributed by atoms with Crippen LogP contribution in [0.3, 0.4) is 0 Å². The lowest BCUT2D eigenvalue weighted by Crippen LogP contribution is -2.32. The van der Waals surface area contributed by atoms with E-state index in [1.54, 1.807) is 49.6 Å². The van der Waals surface area contributed by atoms with E-state index in [2.05, 4.69) is 10.0 Å². The van der Waals surface area contributed by atoms with Gasteiger partial charge in [0.2, 0.25) is 0 Å². The van der Waals surface area contributed by atoms with E-state index in [1.165, 1.54) is 38.5 Å². The Bertz CT molecular complexity index is 1260. The highest BCUT2D eigenvalue weighted by Crippen LogP contribution is 2.31. The topological polar surface area (TPSA) is 112 Å². The number of ether oxygens (including phenoxy) is 4. The van der Waals surface area contributed by atoms with Crippen LogP contribution < -0.4 is 29.0 Å². The van der Waals surface area contributed by atoms with Crippen molar-refractivity contribution in [1.29, 1.82) is 0 Å². The van der Waals surface area contributed by atoms with Gasteiger partial charge in [0, 0.05) is 17.8 Å². The molecule has 0 bridgehead atoms. The number of carbonyl (C=O) groups is 1. The first-order valence-electron chi connectivity index (χ1n) is 10.8. The van der Waals surface area contributed by atoms with Crippen LogP contribution in [0.5, 0.6) is 23.0 Å². The lowest BCUT2D eigenvalue weighted by atomic mass is 10.2. The zero-order chi connectivity index (χ0) is 25.4. The first kappa shape index (κ1) is 25.7. The molecule has 35 heavy (non-hydrogen) atoms. The van der Waals surface area contributed by atoms with E-state index in [-0.39, 0.29) is 16.5 Å². The van der Waals surface area contributed by atoms with Crippen LogP contribution in [0, 0.1) is 0 Å². The molecule has 0 saturated carbocycles. The van der Waals surface area contributed by atoms with Crippen molar-refractivity contribution >= 4 is 27.3 Å². The van der Waals surface area contributed by atoms with Crippen molar-refractivity contribution in [1.82, 2.24) is 0 Å². The van der Waals surface area contributed by atoms with Gasteiger partial charge in [-0.15, -0.1) is 0 Å². The maximum absolute atomic E-state index is 12.9. The molecular weight excluding hydrogens is 472 g/mol. The molecular formula is C25H28N2O7S. The zero-order valence-corrected chi connectivity index (χ0v) is 20.7. The van der Waals surface area contributed by atoms with Crippen molar-refractivity contribution in [3.63, 3.8) is 0 Å². The third-order valence-electron chi connectivity index (χ3n) is 5.07. The summed E-state index contributed by atoms with van der Waals surface area (Å²) in [5.41, 5.74) is 0.704. The van der Waals surface area contributed by atoms with E-state index in [9.17, 15) is 13.2 Å². The molecule has 0 fully saturated rings. The fourth-order valence-electron chi connectivity index (χ4n) is 3.19. The van der Waals surface area contributed by atoms with Crippen LogP contribution in [0.2, 0.25) is 0 Å². The second-order valence-corrected chi connectivity index (χ2v) is 9.06. The predicted molar refractivity (Wildman–Crippen MR) is 133 cm³/mol. The highest BCUT2D eigenvalue weighted by Gasteiger charge is 2.20. The van der Waals surface area contributed by atoms with Gasteiger partial charge in [0.15, 0.2) is 6.10 Å². The van der Waals surface area contributed by atoms with Crippen LogP contribution in [0.25, 0.3) is 0 Å². The Morgan fingerprint density at radius 1 is 0.857 bits per heavy atom. The third-order valence-corrected chi connectivity index (χ3v) is 6.45. The maximum atomic E-state index is 12.9. The first-order valence-corrected chi connectivity index (χ1v) is 12.2. The monoisotopic (exact) mass is 500 g/mol. The number of nitrogens with one attached hydrogen (secondary N) is 2. The molecule has 0 unspecified atom stereocenters. The first-order chi connectivity index (χ1) is 16.8. The van der Waals surface area contributed by atoms with Gasteiger partial charge >= 0.3 is 0 Å². The maximum Gasteiger partial charge on any atom is 0.265 e. The summed E-state index contributed by atoms with van der Waals surface area (Å²) < 4.78 is 49.6. The summed E-state index contributed by atoms with van der Waals surface area (Å²) in [4.78, 5) is 12.7. The number of benzene rings is 3. The Balaban J connectivity index is 1.69. The summed E-state index contributed by atoms with van der Waals surface area (Å²) >= 11 is 0. The molecule has 0 aliphatic heterocycles. The van der Waals surface area contributed by atoms with E-state index in [0.29, 0.717) is 35.1 Å². The summed E-state index contributed by atoms with van der Waals surface area (Å²) in [5, 5.41) is 2.76. The zero-order valence-electron chi connectivity index (χ0n) is 19.9. The van der Waals surface area contributed by atoms with E-state index in [1.807, 2.05) is 6.92 Å².